The van der Waals surface area contributed by atoms with Crippen LogP contribution in [0.1, 0.15) is 18.5 Å². The van der Waals surface area contributed by atoms with Crippen LogP contribution in [-0.2, 0) is 0 Å². The molecule has 1 N–H and O–H groups in total. The topological polar surface area (TPSA) is 21.3 Å². The maximum absolute atomic E-state index is 12.3. The second-order valence-electron chi connectivity index (χ2n) is 3.79. The van der Waals surface area contributed by atoms with Gasteiger partial charge < -0.3 is 10.1 Å². The van der Waals surface area contributed by atoms with Gasteiger partial charge in [0.15, 0.2) is 0 Å². The molecule has 0 aliphatic carbocycles. The summed E-state index contributed by atoms with van der Waals surface area (Å²) in [7, 11) is 0. The molecular weight excluding hydrogens is 256 g/mol. The number of anilines is 1. The number of nitrogens with one attached hydrogen (secondary N) is 1. The number of hydrogen-bond donors (Lipinski definition) is 1. The summed E-state index contributed by atoms with van der Waals surface area (Å²) in [5, 5.41) is 7.16. The van der Waals surface area contributed by atoms with E-state index in [1.807, 2.05) is 23.8 Å². The van der Waals surface area contributed by atoms with Crippen LogP contribution in [-0.4, -0.2) is 6.61 Å². The average molecular weight is 269 g/mol. The molecule has 0 radical (unpaired) electrons. The molecule has 2 rings (SSSR count). The van der Waals surface area contributed by atoms with Crippen molar-refractivity contribution in [3.8, 4) is 5.75 Å². The van der Waals surface area contributed by atoms with E-state index in [-0.39, 0.29) is 11.8 Å². The lowest BCUT2D eigenvalue weighted by Crippen LogP contribution is -2.10. The van der Waals surface area contributed by atoms with Gasteiger partial charge in [-0.25, -0.2) is 0 Å². The number of para-hydroxylation sites is 1. The number of thiophene rings is 1. The summed E-state index contributed by atoms with van der Waals surface area (Å²) in [5.74, 6) is 0.211. The molecule has 0 fully saturated rings. The quantitative estimate of drug-likeness (QED) is 0.861. The minimum absolute atomic E-state index is 0.102. The van der Waals surface area contributed by atoms with Crippen molar-refractivity contribution in [1.29, 1.82) is 0 Å². The molecule has 0 bridgehead atoms. The third-order valence-corrected chi connectivity index (χ3v) is 3.19. The van der Waals surface area contributed by atoms with E-state index >= 15 is 0 Å². The summed E-state index contributed by atoms with van der Waals surface area (Å²) >= 11 is 1.58. The standard InChI is InChI=1S/C13H13F2NOS/c1-9(16-10-6-7-18-8-10)11-4-2-3-5-12(11)17-13(14)15/h2-9,13,16H,1H3. The molecule has 1 aromatic carbocycles. The summed E-state index contributed by atoms with van der Waals surface area (Å²) in [4.78, 5) is 0. The van der Waals surface area contributed by atoms with Crippen LogP contribution >= 0.6 is 11.3 Å². The Morgan fingerprint density at radius 3 is 2.67 bits per heavy atom. The van der Waals surface area contributed by atoms with Gasteiger partial charge in [0.1, 0.15) is 5.75 Å². The fraction of sp³-hybridized carbons (Fsp3) is 0.231. The minimum Gasteiger partial charge on any atom is -0.434 e. The van der Waals surface area contributed by atoms with Gasteiger partial charge in [-0.05, 0) is 24.4 Å². The first-order valence-electron chi connectivity index (χ1n) is 5.49. The Morgan fingerprint density at radius 1 is 1.22 bits per heavy atom. The Kier molecular flexibility index (Phi) is 4.15. The van der Waals surface area contributed by atoms with Crippen molar-refractivity contribution in [2.45, 2.75) is 19.6 Å². The molecule has 1 heterocycles. The molecule has 0 amide bonds. The number of ether oxygens (including phenoxy) is 1. The van der Waals surface area contributed by atoms with Gasteiger partial charge in [-0.1, -0.05) is 18.2 Å². The highest BCUT2D eigenvalue weighted by molar-refractivity contribution is 7.08. The maximum Gasteiger partial charge on any atom is 0.387 e. The fourth-order valence-corrected chi connectivity index (χ4v) is 2.31. The molecule has 0 spiro atoms. The van der Waals surface area contributed by atoms with Gasteiger partial charge in [-0.15, -0.1) is 0 Å². The largest absolute Gasteiger partial charge is 0.434 e. The number of rotatable bonds is 5. The molecule has 5 heteroatoms. The van der Waals surface area contributed by atoms with Crippen LogP contribution in [0, 0.1) is 0 Å². The second-order valence-corrected chi connectivity index (χ2v) is 4.57. The van der Waals surface area contributed by atoms with Crippen LogP contribution in [0.5, 0.6) is 5.75 Å². The molecule has 96 valence electrons. The Labute approximate surface area is 108 Å². The summed E-state index contributed by atoms with van der Waals surface area (Å²) in [5.41, 5.74) is 1.68. The third kappa shape index (κ3) is 3.20. The molecule has 1 atom stereocenters. The van der Waals surface area contributed by atoms with E-state index in [0.29, 0.717) is 5.56 Å². The Morgan fingerprint density at radius 2 is 2.00 bits per heavy atom. The van der Waals surface area contributed by atoms with Crippen molar-refractivity contribution in [1.82, 2.24) is 0 Å². The molecule has 0 aliphatic rings. The van der Waals surface area contributed by atoms with Crippen molar-refractivity contribution in [3.63, 3.8) is 0 Å². The van der Waals surface area contributed by atoms with E-state index < -0.39 is 6.61 Å². The Balaban J connectivity index is 2.16. The predicted octanol–water partition coefficient (Wildman–Crippen LogP) is 4.52. The van der Waals surface area contributed by atoms with E-state index in [2.05, 4.69) is 10.1 Å². The van der Waals surface area contributed by atoms with Crippen LogP contribution in [0.2, 0.25) is 0 Å². The number of hydrogen-bond acceptors (Lipinski definition) is 3. The van der Waals surface area contributed by atoms with Gasteiger partial charge in [0, 0.05) is 16.6 Å². The Bertz CT molecular complexity index is 487. The monoisotopic (exact) mass is 269 g/mol. The smallest absolute Gasteiger partial charge is 0.387 e. The highest BCUT2D eigenvalue weighted by Crippen LogP contribution is 2.29. The normalized spacial score (nSPS) is 12.4. The van der Waals surface area contributed by atoms with Gasteiger partial charge in [-0.2, -0.15) is 20.1 Å². The minimum atomic E-state index is -2.81. The average Bonchev–Trinajstić information content (AvgIpc) is 2.81. The second kappa shape index (κ2) is 5.82. The Hall–Kier alpha value is -1.62. The molecule has 1 aromatic heterocycles. The maximum atomic E-state index is 12.3. The first-order chi connectivity index (χ1) is 8.66. The SMILES string of the molecule is CC(Nc1ccsc1)c1ccccc1OC(F)F. The van der Waals surface area contributed by atoms with E-state index in [9.17, 15) is 8.78 Å². The number of halogens is 2. The van der Waals surface area contributed by atoms with Crippen molar-refractivity contribution < 1.29 is 13.5 Å². The third-order valence-electron chi connectivity index (χ3n) is 2.51. The highest BCUT2D eigenvalue weighted by Gasteiger charge is 2.14. The molecule has 0 saturated heterocycles. The number of benzene rings is 1. The van der Waals surface area contributed by atoms with E-state index in [4.69, 9.17) is 0 Å². The first-order valence-corrected chi connectivity index (χ1v) is 6.43. The zero-order valence-electron chi connectivity index (χ0n) is 9.77. The van der Waals surface area contributed by atoms with Crippen molar-refractivity contribution >= 4 is 17.0 Å². The van der Waals surface area contributed by atoms with Crippen LogP contribution in [0.25, 0.3) is 0 Å². The first kappa shape index (κ1) is 12.8. The van der Waals surface area contributed by atoms with Gasteiger partial charge in [-0.3, -0.25) is 0 Å². The molecule has 1 unspecified atom stereocenters. The summed E-state index contributed by atoms with van der Waals surface area (Å²) in [6.07, 6.45) is 0. The lowest BCUT2D eigenvalue weighted by atomic mass is 10.1. The van der Waals surface area contributed by atoms with Crippen LogP contribution < -0.4 is 10.1 Å². The predicted molar refractivity (Wildman–Crippen MR) is 69.4 cm³/mol. The molecule has 0 saturated carbocycles. The van der Waals surface area contributed by atoms with Crippen LogP contribution in [0.3, 0.4) is 0 Å². The van der Waals surface area contributed by atoms with Gasteiger partial charge >= 0.3 is 6.61 Å². The zero-order chi connectivity index (χ0) is 13.0. The van der Waals surface area contributed by atoms with Crippen molar-refractivity contribution in [2.75, 3.05) is 5.32 Å². The van der Waals surface area contributed by atoms with Gasteiger partial charge in [0.05, 0.1) is 6.04 Å². The molecular formula is C13H13F2NOS. The summed E-state index contributed by atoms with van der Waals surface area (Å²) in [6.45, 7) is -0.898. The molecule has 2 aromatic rings. The van der Waals surface area contributed by atoms with Gasteiger partial charge in [0.25, 0.3) is 0 Å². The fourth-order valence-electron chi connectivity index (χ4n) is 1.72. The molecule has 0 aliphatic heterocycles. The lowest BCUT2D eigenvalue weighted by Gasteiger charge is -2.18. The summed E-state index contributed by atoms with van der Waals surface area (Å²) < 4.78 is 29.1. The number of alkyl halides is 2. The van der Waals surface area contributed by atoms with E-state index in [1.54, 1.807) is 35.6 Å². The van der Waals surface area contributed by atoms with Crippen LogP contribution in [0.15, 0.2) is 41.1 Å². The lowest BCUT2D eigenvalue weighted by molar-refractivity contribution is -0.0505. The van der Waals surface area contributed by atoms with Crippen LogP contribution in [0.4, 0.5) is 14.5 Å². The van der Waals surface area contributed by atoms with E-state index in [0.717, 1.165) is 5.69 Å². The zero-order valence-corrected chi connectivity index (χ0v) is 10.6. The molecule has 18 heavy (non-hydrogen) atoms. The molecule has 2 nitrogen and oxygen atoms in total. The van der Waals surface area contributed by atoms with Crippen molar-refractivity contribution in [3.05, 3.63) is 46.7 Å². The summed E-state index contributed by atoms with van der Waals surface area (Å²) in [6, 6.07) is 8.65. The van der Waals surface area contributed by atoms with E-state index in [1.165, 1.54) is 0 Å². The van der Waals surface area contributed by atoms with Gasteiger partial charge in [0.2, 0.25) is 0 Å². The highest BCUT2D eigenvalue weighted by atomic mass is 32.1. The van der Waals surface area contributed by atoms with Crippen molar-refractivity contribution in [2.24, 2.45) is 0 Å².